The van der Waals surface area contributed by atoms with Crippen LogP contribution in [0, 0.1) is 11.3 Å². The maximum atomic E-state index is 6.23. The van der Waals surface area contributed by atoms with Crippen molar-refractivity contribution in [2.75, 3.05) is 5.75 Å². The maximum absolute atomic E-state index is 6.23. The molecule has 1 aromatic rings. The predicted octanol–water partition coefficient (Wildman–Crippen LogP) is 3.50. The molecule has 1 aliphatic carbocycles. The van der Waals surface area contributed by atoms with Gasteiger partial charge in [0.1, 0.15) is 0 Å². The Labute approximate surface area is 125 Å². The van der Waals surface area contributed by atoms with E-state index in [2.05, 4.69) is 25.9 Å². The molecule has 5 heteroatoms. The van der Waals surface area contributed by atoms with Crippen molar-refractivity contribution in [3.8, 4) is 0 Å². The zero-order chi connectivity index (χ0) is 14.3. The number of hydrogen-bond donors (Lipinski definition) is 1. The molecule has 0 aromatic carbocycles. The molecule has 0 spiro atoms. The van der Waals surface area contributed by atoms with Crippen LogP contribution < -0.4 is 5.73 Å². The molecule has 2 heterocycles. The average molecular weight is 295 g/mol. The second-order valence-electron chi connectivity index (χ2n) is 6.90. The van der Waals surface area contributed by atoms with E-state index in [4.69, 9.17) is 15.2 Å². The van der Waals surface area contributed by atoms with Gasteiger partial charge in [0.15, 0.2) is 5.82 Å². The van der Waals surface area contributed by atoms with E-state index in [1.165, 1.54) is 18.6 Å². The second-order valence-corrected chi connectivity index (χ2v) is 8.21. The van der Waals surface area contributed by atoms with Crippen LogP contribution in [0.3, 0.4) is 0 Å². The molecule has 4 unspecified atom stereocenters. The van der Waals surface area contributed by atoms with Gasteiger partial charge in [-0.05, 0) is 42.8 Å². The Morgan fingerprint density at radius 2 is 2.10 bits per heavy atom. The minimum atomic E-state index is 0.115. The largest absolute Gasteiger partial charge is 0.339 e. The summed E-state index contributed by atoms with van der Waals surface area (Å²) >= 11 is 1.95. The molecule has 2 fully saturated rings. The Balaban J connectivity index is 1.81. The van der Waals surface area contributed by atoms with E-state index in [1.807, 2.05) is 11.8 Å². The molecule has 4 nitrogen and oxygen atoms in total. The highest BCUT2D eigenvalue weighted by molar-refractivity contribution is 7.99. The molecule has 2 aliphatic rings. The number of nitrogens with zero attached hydrogens (tertiary/aromatic N) is 2. The Morgan fingerprint density at radius 3 is 2.80 bits per heavy atom. The molecule has 1 aliphatic heterocycles. The minimum absolute atomic E-state index is 0.115. The van der Waals surface area contributed by atoms with Gasteiger partial charge >= 0.3 is 0 Å². The van der Waals surface area contributed by atoms with E-state index in [0.29, 0.717) is 17.1 Å². The summed E-state index contributed by atoms with van der Waals surface area (Å²) < 4.78 is 5.62. The van der Waals surface area contributed by atoms with Gasteiger partial charge in [-0.25, -0.2) is 0 Å². The number of thioether (sulfide) groups is 1. The lowest BCUT2D eigenvalue weighted by molar-refractivity contribution is 0.0806. The van der Waals surface area contributed by atoms with E-state index < -0.39 is 0 Å². The Hall–Kier alpha value is -0.550. The van der Waals surface area contributed by atoms with Crippen LogP contribution in [-0.2, 0) is 0 Å². The maximum Gasteiger partial charge on any atom is 0.230 e. The summed E-state index contributed by atoms with van der Waals surface area (Å²) in [6.45, 7) is 6.83. The zero-order valence-electron chi connectivity index (χ0n) is 12.6. The normalized spacial score (nSPS) is 37.2. The second kappa shape index (κ2) is 5.34. The number of nitrogens with two attached hydrogens (primary N) is 1. The summed E-state index contributed by atoms with van der Waals surface area (Å²) in [6.07, 6.45) is 4.54. The Morgan fingerprint density at radius 1 is 1.30 bits per heavy atom. The monoisotopic (exact) mass is 295 g/mol. The van der Waals surface area contributed by atoms with Crippen LogP contribution >= 0.6 is 11.8 Å². The van der Waals surface area contributed by atoms with Crippen LogP contribution in [0.1, 0.15) is 69.3 Å². The summed E-state index contributed by atoms with van der Waals surface area (Å²) in [5.41, 5.74) is 6.34. The summed E-state index contributed by atoms with van der Waals surface area (Å²) in [7, 11) is 0. The van der Waals surface area contributed by atoms with Crippen LogP contribution in [-0.4, -0.2) is 21.9 Å². The van der Waals surface area contributed by atoms with Gasteiger partial charge in [0, 0.05) is 12.0 Å². The fourth-order valence-electron chi connectivity index (χ4n) is 3.59. The highest BCUT2D eigenvalue weighted by atomic mass is 32.2. The molecule has 0 radical (unpaired) electrons. The van der Waals surface area contributed by atoms with Crippen molar-refractivity contribution in [3.63, 3.8) is 0 Å². The predicted molar refractivity (Wildman–Crippen MR) is 81.6 cm³/mol. The van der Waals surface area contributed by atoms with E-state index in [9.17, 15) is 0 Å². The minimum Gasteiger partial charge on any atom is -0.339 e. The van der Waals surface area contributed by atoms with E-state index in [1.54, 1.807) is 0 Å². The molecular formula is C15H25N3OS. The average Bonchev–Trinajstić information content (AvgIpc) is 3.06. The van der Waals surface area contributed by atoms with Crippen molar-refractivity contribution in [1.82, 2.24) is 10.1 Å². The molecule has 1 saturated heterocycles. The molecule has 1 aromatic heterocycles. The summed E-state index contributed by atoms with van der Waals surface area (Å²) in [5.74, 6) is 3.76. The van der Waals surface area contributed by atoms with Gasteiger partial charge in [-0.15, -0.1) is 0 Å². The molecular weight excluding hydrogens is 270 g/mol. The highest BCUT2D eigenvalue weighted by Gasteiger charge is 2.45. The SMILES string of the molecule is CC1C(N)CCC(c2nc(C3CCCS3)no2)C1(C)C. The lowest BCUT2D eigenvalue weighted by Gasteiger charge is -2.45. The van der Waals surface area contributed by atoms with Crippen molar-refractivity contribution in [1.29, 1.82) is 0 Å². The van der Waals surface area contributed by atoms with Gasteiger partial charge in [-0.1, -0.05) is 25.9 Å². The Kier molecular flexibility index (Phi) is 3.84. The molecule has 3 rings (SSSR count). The molecule has 112 valence electrons. The quantitative estimate of drug-likeness (QED) is 0.904. The van der Waals surface area contributed by atoms with E-state index in [-0.39, 0.29) is 11.5 Å². The fraction of sp³-hybridized carbons (Fsp3) is 0.867. The van der Waals surface area contributed by atoms with Crippen LogP contribution in [0.2, 0.25) is 0 Å². The van der Waals surface area contributed by atoms with Crippen molar-refractivity contribution < 1.29 is 4.52 Å². The standard InChI is InChI=1S/C15H25N3OS/c1-9-11(16)7-6-10(15(9,2)3)14-17-13(18-19-14)12-5-4-8-20-12/h9-12H,4-8,16H2,1-3H3. The molecule has 20 heavy (non-hydrogen) atoms. The zero-order valence-corrected chi connectivity index (χ0v) is 13.4. The third kappa shape index (κ3) is 2.39. The third-order valence-corrected chi connectivity index (χ3v) is 6.85. The van der Waals surface area contributed by atoms with Crippen molar-refractivity contribution in [2.24, 2.45) is 17.1 Å². The van der Waals surface area contributed by atoms with Gasteiger partial charge in [0.25, 0.3) is 0 Å². The lowest BCUT2D eigenvalue weighted by atomic mass is 9.61. The third-order valence-electron chi connectivity index (χ3n) is 5.48. The molecule has 2 N–H and O–H groups in total. The summed E-state index contributed by atoms with van der Waals surface area (Å²) in [4.78, 5) is 4.73. The van der Waals surface area contributed by atoms with Crippen LogP contribution in [0.4, 0.5) is 0 Å². The van der Waals surface area contributed by atoms with Crippen molar-refractivity contribution in [2.45, 2.75) is 63.7 Å². The van der Waals surface area contributed by atoms with Gasteiger partial charge < -0.3 is 10.3 Å². The fourth-order valence-corrected chi connectivity index (χ4v) is 4.79. The molecule has 1 saturated carbocycles. The van der Waals surface area contributed by atoms with Crippen LogP contribution in [0.15, 0.2) is 4.52 Å². The smallest absolute Gasteiger partial charge is 0.230 e. The Bertz CT molecular complexity index is 467. The van der Waals surface area contributed by atoms with E-state index >= 15 is 0 Å². The number of hydrogen-bond acceptors (Lipinski definition) is 5. The first-order valence-corrected chi connectivity index (χ1v) is 8.75. The van der Waals surface area contributed by atoms with Gasteiger partial charge in [-0.3, -0.25) is 0 Å². The first-order chi connectivity index (χ1) is 9.50. The number of rotatable bonds is 2. The molecule has 4 atom stereocenters. The first kappa shape index (κ1) is 14.4. The van der Waals surface area contributed by atoms with Gasteiger partial charge in [-0.2, -0.15) is 16.7 Å². The van der Waals surface area contributed by atoms with Crippen molar-refractivity contribution >= 4 is 11.8 Å². The number of aromatic nitrogens is 2. The highest BCUT2D eigenvalue weighted by Crippen LogP contribution is 2.49. The first-order valence-electron chi connectivity index (χ1n) is 7.71. The van der Waals surface area contributed by atoms with Crippen LogP contribution in [0.5, 0.6) is 0 Å². The van der Waals surface area contributed by atoms with Crippen LogP contribution in [0.25, 0.3) is 0 Å². The summed E-state index contributed by atoms with van der Waals surface area (Å²) in [6, 6.07) is 0.286. The topological polar surface area (TPSA) is 64.9 Å². The lowest BCUT2D eigenvalue weighted by Crippen LogP contribution is -2.45. The van der Waals surface area contributed by atoms with Gasteiger partial charge in [0.05, 0.1) is 5.25 Å². The molecule has 0 amide bonds. The van der Waals surface area contributed by atoms with Crippen molar-refractivity contribution in [3.05, 3.63) is 11.7 Å². The van der Waals surface area contributed by atoms with E-state index in [0.717, 1.165) is 24.6 Å². The van der Waals surface area contributed by atoms with Gasteiger partial charge in [0.2, 0.25) is 5.89 Å². The molecule has 0 bridgehead atoms. The summed E-state index contributed by atoms with van der Waals surface area (Å²) in [5, 5.41) is 4.69.